The summed E-state index contributed by atoms with van der Waals surface area (Å²) in [4.78, 5) is 47.4. The van der Waals surface area contributed by atoms with Crippen LogP contribution in [0.1, 0.15) is 73.6 Å². The van der Waals surface area contributed by atoms with Crippen LogP contribution in [0.5, 0.6) is 0 Å². The van der Waals surface area contributed by atoms with Crippen molar-refractivity contribution in [2.75, 3.05) is 31.5 Å². The van der Waals surface area contributed by atoms with Gasteiger partial charge in [-0.25, -0.2) is 0 Å². The number of carbonyl (C=O) groups is 4. The Morgan fingerprint density at radius 1 is 0.931 bits per heavy atom. The highest BCUT2D eigenvalue weighted by Gasteiger charge is 2.18. The maximum Gasteiger partial charge on any atom is 0.239 e. The molecule has 1 amide bonds. The Labute approximate surface area is 173 Å². The topological polar surface area (TPSA) is 104 Å². The lowest BCUT2D eigenvalue weighted by molar-refractivity contribution is -0.119. The SMILES string of the molecule is CCCCC(=O)c1cccc(NCC(=O)NCCCCNCC(C)=O)c1C(C)=O. The van der Waals surface area contributed by atoms with Gasteiger partial charge in [0.25, 0.3) is 0 Å². The zero-order valence-corrected chi connectivity index (χ0v) is 17.7. The number of hydrogen-bond acceptors (Lipinski definition) is 6. The van der Waals surface area contributed by atoms with Crippen molar-refractivity contribution in [3.8, 4) is 0 Å². The van der Waals surface area contributed by atoms with Gasteiger partial charge in [0, 0.05) is 24.2 Å². The summed E-state index contributed by atoms with van der Waals surface area (Å²) in [5, 5.41) is 8.83. The van der Waals surface area contributed by atoms with Crippen molar-refractivity contribution in [3.63, 3.8) is 0 Å². The summed E-state index contributed by atoms with van der Waals surface area (Å²) in [6.07, 6.45) is 3.75. The molecule has 0 atom stereocenters. The monoisotopic (exact) mass is 403 g/mol. The Balaban J connectivity index is 2.52. The quantitative estimate of drug-likeness (QED) is 0.307. The zero-order valence-electron chi connectivity index (χ0n) is 17.7. The third-order valence-electron chi connectivity index (χ3n) is 4.39. The first kappa shape index (κ1) is 24.5. The molecule has 0 saturated heterocycles. The highest BCUT2D eigenvalue weighted by molar-refractivity contribution is 6.11. The van der Waals surface area contributed by atoms with Crippen LogP contribution in [-0.4, -0.2) is 49.4 Å². The Hall–Kier alpha value is -2.54. The van der Waals surface area contributed by atoms with Crippen LogP contribution in [0.15, 0.2) is 18.2 Å². The van der Waals surface area contributed by atoms with E-state index < -0.39 is 0 Å². The molecule has 0 radical (unpaired) electrons. The number of anilines is 1. The van der Waals surface area contributed by atoms with E-state index in [1.165, 1.54) is 13.8 Å². The van der Waals surface area contributed by atoms with E-state index in [-0.39, 0.29) is 29.8 Å². The molecular weight excluding hydrogens is 370 g/mol. The van der Waals surface area contributed by atoms with Gasteiger partial charge >= 0.3 is 0 Å². The second kappa shape index (κ2) is 13.6. The standard InChI is InChI=1S/C22H33N3O4/c1-4-5-11-20(28)18-9-8-10-19(22(18)17(3)27)25-15-21(29)24-13-7-6-12-23-14-16(2)26/h8-10,23,25H,4-7,11-15H2,1-3H3,(H,24,29). The van der Waals surface area contributed by atoms with Gasteiger partial charge in [0.1, 0.15) is 5.78 Å². The van der Waals surface area contributed by atoms with Crippen molar-refractivity contribution in [1.82, 2.24) is 10.6 Å². The summed E-state index contributed by atoms with van der Waals surface area (Å²) in [5.74, 6) is -0.334. The van der Waals surface area contributed by atoms with Gasteiger partial charge < -0.3 is 16.0 Å². The maximum absolute atomic E-state index is 12.4. The summed E-state index contributed by atoms with van der Waals surface area (Å²) >= 11 is 0. The van der Waals surface area contributed by atoms with Crippen LogP contribution < -0.4 is 16.0 Å². The molecule has 0 fully saturated rings. The molecular formula is C22H33N3O4. The first-order chi connectivity index (χ1) is 13.9. The minimum absolute atomic E-state index is 0.0233. The predicted molar refractivity (Wildman–Crippen MR) is 115 cm³/mol. The third kappa shape index (κ3) is 9.47. The molecule has 3 N–H and O–H groups in total. The molecule has 1 aromatic carbocycles. The number of ketones is 3. The fourth-order valence-corrected chi connectivity index (χ4v) is 2.89. The van der Waals surface area contributed by atoms with E-state index in [1.54, 1.807) is 18.2 Å². The van der Waals surface area contributed by atoms with E-state index in [0.29, 0.717) is 36.3 Å². The Kier molecular flexibility index (Phi) is 11.5. The van der Waals surface area contributed by atoms with Gasteiger partial charge in [-0.05, 0) is 45.7 Å². The van der Waals surface area contributed by atoms with E-state index in [4.69, 9.17) is 0 Å². The number of benzene rings is 1. The molecule has 0 heterocycles. The molecule has 0 spiro atoms. The zero-order chi connectivity index (χ0) is 21.6. The number of carbonyl (C=O) groups excluding carboxylic acids is 4. The molecule has 1 rings (SSSR count). The van der Waals surface area contributed by atoms with Crippen molar-refractivity contribution in [3.05, 3.63) is 29.3 Å². The number of rotatable bonds is 15. The first-order valence-corrected chi connectivity index (χ1v) is 10.2. The molecule has 0 aliphatic rings. The van der Waals surface area contributed by atoms with Crippen molar-refractivity contribution < 1.29 is 19.2 Å². The van der Waals surface area contributed by atoms with Crippen LogP contribution in [0.3, 0.4) is 0 Å². The van der Waals surface area contributed by atoms with Gasteiger partial charge in [0.2, 0.25) is 5.91 Å². The highest BCUT2D eigenvalue weighted by Crippen LogP contribution is 2.22. The Morgan fingerprint density at radius 2 is 1.66 bits per heavy atom. The molecule has 7 heteroatoms. The summed E-state index contributed by atoms with van der Waals surface area (Å²) in [6.45, 7) is 6.64. The molecule has 1 aromatic rings. The Morgan fingerprint density at radius 3 is 2.31 bits per heavy atom. The molecule has 0 unspecified atom stereocenters. The van der Waals surface area contributed by atoms with Gasteiger partial charge in [-0.15, -0.1) is 0 Å². The minimum atomic E-state index is -0.202. The third-order valence-corrected chi connectivity index (χ3v) is 4.39. The molecule has 0 aliphatic carbocycles. The molecule has 0 aliphatic heterocycles. The van der Waals surface area contributed by atoms with Crippen LogP contribution in [0, 0.1) is 0 Å². The number of amides is 1. The fourth-order valence-electron chi connectivity index (χ4n) is 2.89. The van der Waals surface area contributed by atoms with Crippen LogP contribution in [0.2, 0.25) is 0 Å². The van der Waals surface area contributed by atoms with Crippen LogP contribution in [0.4, 0.5) is 5.69 Å². The summed E-state index contributed by atoms with van der Waals surface area (Å²) in [5.41, 5.74) is 1.26. The lowest BCUT2D eigenvalue weighted by Gasteiger charge is -2.14. The second-order valence-corrected chi connectivity index (χ2v) is 7.10. The largest absolute Gasteiger partial charge is 0.376 e. The lowest BCUT2D eigenvalue weighted by Crippen LogP contribution is -2.31. The van der Waals surface area contributed by atoms with Crippen molar-refractivity contribution in [2.45, 2.75) is 52.9 Å². The van der Waals surface area contributed by atoms with E-state index in [0.717, 1.165) is 32.2 Å². The molecule has 0 aromatic heterocycles. The fraction of sp³-hybridized carbons (Fsp3) is 0.545. The molecule has 7 nitrogen and oxygen atoms in total. The van der Waals surface area contributed by atoms with E-state index in [1.807, 2.05) is 6.92 Å². The van der Waals surface area contributed by atoms with Crippen molar-refractivity contribution >= 4 is 28.9 Å². The summed E-state index contributed by atoms with van der Waals surface area (Å²) in [7, 11) is 0. The summed E-state index contributed by atoms with van der Waals surface area (Å²) in [6, 6.07) is 5.10. The van der Waals surface area contributed by atoms with Gasteiger partial charge in [0.05, 0.1) is 18.7 Å². The smallest absolute Gasteiger partial charge is 0.239 e. The van der Waals surface area contributed by atoms with Gasteiger partial charge in [-0.1, -0.05) is 25.5 Å². The van der Waals surface area contributed by atoms with Gasteiger partial charge in [-0.3, -0.25) is 19.2 Å². The molecule has 29 heavy (non-hydrogen) atoms. The minimum Gasteiger partial charge on any atom is -0.376 e. The number of nitrogens with one attached hydrogen (secondary N) is 3. The molecule has 0 saturated carbocycles. The average Bonchev–Trinajstić information content (AvgIpc) is 2.68. The number of hydrogen-bond donors (Lipinski definition) is 3. The lowest BCUT2D eigenvalue weighted by atomic mass is 9.96. The van der Waals surface area contributed by atoms with Gasteiger partial charge in [-0.2, -0.15) is 0 Å². The number of Topliss-reactive ketones (excluding diaryl/α,β-unsaturated/α-hetero) is 3. The van der Waals surface area contributed by atoms with Crippen LogP contribution in [0.25, 0.3) is 0 Å². The molecule has 160 valence electrons. The predicted octanol–water partition coefficient (Wildman–Crippen LogP) is 2.75. The number of unbranched alkanes of at least 4 members (excludes halogenated alkanes) is 2. The van der Waals surface area contributed by atoms with Crippen LogP contribution >= 0.6 is 0 Å². The first-order valence-electron chi connectivity index (χ1n) is 10.2. The normalized spacial score (nSPS) is 10.4. The summed E-state index contributed by atoms with van der Waals surface area (Å²) < 4.78 is 0. The van der Waals surface area contributed by atoms with Crippen LogP contribution in [-0.2, 0) is 9.59 Å². The molecule has 0 bridgehead atoms. The van der Waals surface area contributed by atoms with Gasteiger partial charge in [0.15, 0.2) is 11.6 Å². The van der Waals surface area contributed by atoms with E-state index >= 15 is 0 Å². The highest BCUT2D eigenvalue weighted by atomic mass is 16.2. The average molecular weight is 404 g/mol. The second-order valence-electron chi connectivity index (χ2n) is 7.10. The van der Waals surface area contributed by atoms with E-state index in [2.05, 4.69) is 16.0 Å². The Bertz CT molecular complexity index is 716. The van der Waals surface area contributed by atoms with Crippen molar-refractivity contribution in [1.29, 1.82) is 0 Å². The maximum atomic E-state index is 12.4. The van der Waals surface area contributed by atoms with Crippen molar-refractivity contribution in [2.24, 2.45) is 0 Å². The van der Waals surface area contributed by atoms with E-state index in [9.17, 15) is 19.2 Å².